The third-order valence-electron chi connectivity index (χ3n) is 4.60. The first-order valence-corrected chi connectivity index (χ1v) is 8.22. The maximum Gasteiger partial charge on any atom is 0.213 e. The predicted octanol–water partition coefficient (Wildman–Crippen LogP) is 5.10. The molecule has 0 saturated heterocycles. The molecule has 5 aromatic rings. The molecule has 0 amide bonds. The predicted molar refractivity (Wildman–Crippen MR) is 101 cm³/mol. The van der Waals surface area contributed by atoms with Crippen LogP contribution in [0.1, 0.15) is 16.1 Å². The summed E-state index contributed by atoms with van der Waals surface area (Å²) in [5, 5.41) is 3.22. The Morgan fingerprint density at radius 1 is 0.760 bits per heavy atom. The highest BCUT2D eigenvalue weighted by molar-refractivity contribution is 6.25. The molecule has 0 bridgehead atoms. The fourth-order valence-electron chi connectivity index (χ4n) is 3.45. The fraction of sp³-hybridized carbons (Fsp3) is 0. The maximum absolute atomic E-state index is 13.1. The number of aromatic amines is 1. The molecule has 0 fully saturated rings. The number of H-pyrrole nitrogens is 1. The minimum Gasteiger partial charge on any atom is -0.353 e. The minimum absolute atomic E-state index is 0.0668. The average Bonchev–Trinajstić information content (AvgIpc) is 3.07. The molecule has 5 rings (SSSR count). The van der Waals surface area contributed by atoms with E-state index in [2.05, 4.69) is 17.1 Å². The maximum atomic E-state index is 13.1. The summed E-state index contributed by atoms with van der Waals surface area (Å²) in [5.74, 6) is -0.0668. The Bertz CT molecular complexity index is 1250. The van der Waals surface area contributed by atoms with Crippen molar-refractivity contribution in [3.8, 4) is 0 Å². The molecule has 3 heteroatoms. The quantitative estimate of drug-likeness (QED) is 0.460. The molecule has 25 heavy (non-hydrogen) atoms. The zero-order valence-corrected chi connectivity index (χ0v) is 13.4. The number of nitrogens with one attached hydrogen (secondary N) is 1. The van der Waals surface area contributed by atoms with Gasteiger partial charge in [-0.2, -0.15) is 0 Å². The minimum atomic E-state index is -0.0668. The highest BCUT2D eigenvalue weighted by Gasteiger charge is 2.19. The normalized spacial score (nSPS) is 11.4. The van der Waals surface area contributed by atoms with Gasteiger partial charge in [-0.3, -0.25) is 4.79 Å². The molecule has 0 radical (unpaired) electrons. The van der Waals surface area contributed by atoms with Crippen LogP contribution in [0.5, 0.6) is 0 Å². The van der Waals surface area contributed by atoms with Crippen molar-refractivity contribution >= 4 is 38.5 Å². The lowest BCUT2D eigenvalue weighted by atomic mass is 10.0. The van der Waals surface area contributed by atoms with E-state index in [4.69, 9.17) is 4.98 Å². The van der Waals surface area contributed by atoms with Crippen LogP contribution in [0.2, 0.25) is 0 Å². The van der Waals surface area contributed by atoms with Gasteiger partial charge < -0.3 is 4.98 Å². The first-order chi connectivity index (χ1) is 12.3. The van der Waals surface area contributed by atoms with Crippen LogP contribution >= 0.6 is 0 Å². The lowest BCUT2D eigenvalue weighted by molar-refractivity contribution is 0.103. The number of carbonyl (C=O) groups excluding carboxylic acids is 1. The zero-order valence-electron chi connectivity index (χ0n) is 13.4. The number of nitrogens with zero attached hydrogens (tertiary/aromatic N) is 1. The summed E-state index contributed by atoms with van der Waals surface area (Å²) in [6.07, 6.45) is 0. The van der Waals surface area contributed by atoms with E-state index in [-0.39, 0.29) is 5.78 Å². The van der Waals surface area contributed by atoms with Crippen LogP contribution in [0.25, 0.3) is 32.7 Å². The summed E-state index contributed by atoms with van der Waals surface area (Å²) in [6.45, 7) is 0. The molecule has 2 aromatic heterocycles. The largest absolute Gasteiger partial charge is 0.353 e. The molecule has 0 aliphatic heterocycles. The van der Waals surface area contributed by atoms with E-state index >= 15 is 0 Å². The van der Waals surface area contributed by atoms with Gasteiger partial charge in [0.15, 0.2) is 0 Å². The summed E-state index contributed by atoms with van der Waals surface area (Å²) < 4.78 is 0. The molecule has 118 valence electrons. The van der Waals surface area contributed by atoms with Crippen molar-refractivity contribution in [1.29, 1.82) is 0 Å². The highest BCUT2D eigenvalue weighted by Crippen LogP contribution is 2.33. The summed E-state index contributed by atoms with van der Waals surface area (Å²) in [5.41, 5.74) is 3.76. The van der Waals surface area contributed by atoms with Crippen LogP contribution < -0.4 is 0 Å². The van der Waals surface area contributed by atoms with E-state index in [9.17, 15) is 4.79 Å². The van der Waals surface area contributed by atoms with E-state index in [1.165, 1.54) is 0 Å². The number of ketones is 1. The van der Waals surface area contributed by atoms with Crippen molar-refractivity contribution in [1.82, 2.24) is 9.97 Å². The molecule has 0 saturated carbocycles. The Balaban J connectivity index is 1.94. The van der Waals surface area contributed by atoms with Crippen LogP contribution in [0, 0.1) is 0 Å². The molecular formula is C22H14N2O. The van der Waals surface area contributed by atoms with Crippen LogP contribution in [0.3, 0.4) is 0 Å². The standard InChI is InChI=1S/C22H14N2O/c25-22(14-8-2-1-3-9-14)21-20-19(15-10-4-6-12-17(15)23-20)16-11-5-7-13-18(16)24-21/h1-13,23H. The van der Waals surface area contributed by atoms with Gasteiger partial charge >= 0.3 is 0 Å². The zero-order chi connectivity index (χ0) is 16.8. The second kappa shape index (κ2) is 5.28. The van der Waals surface area contributed by atoms with Gasteiger partial charge in [-0.05, 0) is 12.1 Å². The molecule has 0 unspecified atom stereocenters. The lowest BCUT2D eigenvalue weighted by Gasteiger charge is -2.06. The molecule has 0 aliphatic rings. The lowest BCUT2D eigenvalue weighted by Crippen LogP contribution is -2.05. The van der Waals surface area contributed by atoms with Gasteiger partial charge in [-0.15, -0.1) is 0 Å². The number of hydrogen-bond donors (Lipinski definition) is 1. The number of aromatic nitrogens is 2. The molecule has 3 aromatic carbocycles. The summed E-state index contributed by atoms with van der Waals surface area (Å²) in [4.78, 5) is 21.2. The number of benzene rings is 3. The van der Waals surface area contributed by atoms with Gasteiger partial charge in [0.2, 0.25) is 5.78 Å². The smallest absolute Gasteiger partial charge is 0.213 e. The van der Waals surface area contributed by atoms with Gasteiger partial charge in [0.1, 0.15) is 5.69 Å². The summed E-state index contributed by atoms with van der Waals surface area (Å²) >= 11 is 0. The van der Waals surface area contributed by atoms with Gasteiger partial charge in [0.25, 0.3) is 0 Å². The van der Waals surface area contributed by atoms with Crippen LogP contribution in [0.15, 0.2) is 78.9 Å². The highest BCUT2D eigenvalue weighted by atomic mass is 16.1. The monoisotopic (exact) mass is 322 g/mol. The molecule has 1 N–H and O–H groups in total. The summed E-state index contributed by atoms with van der Waals surface area (Å²) in [7, 11) is 0. The number of rotatable bonds is 2. The molecular weight excluding hydrogens is 308 g/mol. The van der Waals surface area contributed by atoms with Crippen LogP contribution in [0.4, 0.5) is 0 Å². The first kappa shape index (κ1) is 13.9. The van der Waals surface area contributed by atoms with Crippen LogP contribution in [-0.4, -0.2) is 15.8 Å². The van der Waals surface area contributed by atoms with Crippen LogP contribution in [-0.2, 0) is 0 Å². The SMILES string of the molecule is O=C(c1ccccc1)c1nc2ccccc2c2c1[nH]c1ccccc12. The van der Waals surface area contributed by atoms with E-state index in [0.717, 1.165) is 32.7 Å². The van der Waals surface area contributed by atoms with E-state index in [0.29, 0.717) is 11.3 Å². The Hall–Kier alpha value is -3.46. The van der Waals surface area contributed by atoms with Crippen molar-refractivity contribution < 1.29 is 4.79 Å². The second-order valence-electron chi connectivity index (χ2n) is 6.09. The van der Waals surface area contributed by atoms with Gasteiger partial charge in [0.05, 0.1) is 11.0 Å². The Morgan fingerprint density at radius 3 is 2.28 bits per heavy atom. The van der Waals surface area contributed by atoms with Crippen molar-refractivity contribution in [3.05, 3.63) is 90.1 Å². The van der Waals surface area contributed by atoms with Gasteiger partial charge in [-0.25, -0.2) is 4.98 Å². The number of fused-ring (bicyclic) bond motifs is 5. The average molecular weight is 322 g/mol. The third kappa shape index (κ3) is 2.06. The van der Waals surface area contributed by atoms with Crippen molar-refractivity contribution in [2.24, 2.45) is 0 Å². The van der Waals surface area contributed by atoms with E-state index in [1.807, 2.05) is 66.7 Å². The number of hydrogen-bond acceptors (Lipinski definition) is 2. The number of pyridine rings is 1. The van der Waals surface area contributed by atoms with Crippen molar-refractivity contribution in [2.45, 2.75) is 0 Å². The van der Waals surface area contributed by atoms with Gasteiger partial charge in [0, 0.05) is 27.2 Å². The molecule has 3 nitrogen and oxygen atoms in total. The van der Waals surface area contributed by atoms with E-state index in [1.54, 1.807) is 0 Å². The number of carbonyl (C=O) groups is 1. The molecule has 2 heterocycles. The molecule has 0 atom stereocenters. The van der Waals surface area contributed by atoms with Crippen molar-refractivity contribution in [2.75, 3.05) is 0 Å². The first-order valence-electron chi connectivity index (χ1n) is 8.22. The topological polar surface area (TPSA) is 45.8 Å². The number of para-hydroxylation sites is 2. The third-order valence-corrected chi connectivity index (χ3v) is 4.60. The molecule has 0 spiro atoms. The second-order valence-corrected chi connectivity index (χ2v) is 6.09. The Morgan fingerprint density at radius 2 is 1.44 bits per heavy atom. The Kier molecular flexibility index (Phi) is 2.94. The fourth-order valence-corrected chi connectivity index (χ4v) is 3.45. The summed E-state index contributed by atoms with van der Waals surface area (Å²) in [6, 6.07) is 25.4. The van der Waals surface area contributed by atoms with Crippen molar-refractivity contribution in [3.63, 3.8) is 0 Å². The van der Waals surface area contributed by atoms with E-state index < -0.39 is 0 Å². The Labute approximate surface area is 143 Å². The molecule has 0 aliphatic carbocycles. The van der Waals surface area contributed by atoms with Gasteiger partial charge in [-0.1, -0.05) is 66.7 Å².